The van der Waals surface area contributed by atoms with E-state index in [1.54, 1.807) is 91.0 Å². The van der Waals surface area contributed by atoms with Gasteiger partial charge in [0, 0.05) is 28.8 Å². The Hall–Kier alpha value is -6.34. The van der Waals surface area contributed by atoms with Gasteiger partial charge >= 0.3 is 28.2 Å². The van der Waals surface area contributed by atoms with E-state index in [9.17, 15) is 22.8 Å². The van der Waals surface area contributed by atoms with E-state index in [-0.39, 0.29) is 27.7 Å². The van der Waals surface area contributed by atoms with E-state index in [0.717, 1.165) is 6.07 Å². The van der Waals surface area contributed by atoms with Crippen LogP contribution in [0.3, 0.4) is 0 Å². The fourth-order valence-corrected chi connectivity index (χ4v) is 5.07. The summed E-state index contributed by atoms with van der Waals surface area (Å²) in [5.74, 6) is -0.0710. The molecule has 6 N–H and O–H groups in total. The lowest BCUT2D eigenvalue weighted by Gasteiger charge is -2.16. The maximum Gasteiger partial charge on any atom is 0.339 e. The van der Waals surface area contributed by atoms with Crippen LogP contribution in [-0.4, -0.2) is 26.5 Å². The molecule has 0 saturated carbocycles. The summed E-state index contributed by atoms with van der Waals surface area (Å²) in [7, 11) is -4.45. The number of urea groups is 3. The van der Waals surface area contributed by atoms with Gasteiger partial charge in [-0.2, -0.15) is 8.42 Å². The highest BCUT2D eigenvalue weighted by molar-refractivity contribution is 7.87. The van der Waals surface area contributed by atoms with Crippen molar-refractivity contribution in [1.29, 1.82) is 0 Å². The van der Waals surface area contributed by atoms with Gasteiger partial charge in [-0.3, -0.25) is 0 Å². The maximum absolute atomic E-state index is 13.3. The Kier molecular flexibility index (Phi) is 9.75. The largest absolute Gasteiger partial charge is 0.379 e. The third kappa shape index (κ3) is 8.84. The summed E-state index contributed by atoms with van der Waals surface area (Å²) in [4.78, 5) is 37.6. The Morgan fingerprint density at radius 2 is 0.870 bits per heavy atom. The summed E-state index contributed by atoms with van der Waals surface area (Å²) in [6, 6.07) is 33.8. The Morgan fingerprint density at radius 1 is 0.435 bits per heavy atom. The molecular formula is C33H28N6O6S. The van der Waals surface area contributed by atoms with Crippen LogP contribution in [0.5, 0.6) is 5.75 Å². The minimum Gasteiger partial charge on any atom is -0.379 e. The molecule has 6 amide bonds. The molecule has 0 bridgehead atoms. The standard InChI is InChI=1S/C33H28N6O6S/c40-31(34-23-11-4-1-5-12-23)37-26-17-10-18-27(21-26)45-46(43,44)28-19-20-29(38-32(41)35-24-13-6-2-7-14-24)30(22-28)39-33(42)36-25-15-8-3-9-16-25/h1-22H,(H2,34,37,40)(H2,35,38,41)(H2,36,39,42). The summed E-state index contributed by atoms with van der Waals surface area (Å²) in [5, 5.41) is 15.8. The first kappa shape index (κ1) is 31.1. The average molecular weight is 637 g/mol. The zero-order chi connectivity index (χ0) is 32.4. The number of rotatable bonds is 9. The highest BCUT2D eigenvalue weighted by Crippen LogP contribution is 2.29. The van der Waals surface area contributed by atoms with Crippen molar-refractivity contribution in [2.24, 2.45) is 0 Å². The van der Waals surface area contributed by atoms with Crippen molar-refractivity contribution in [3.63, 3.8) is 0 Å². The first-order valence-corrected chi connectivity index (χ1v) is 15.2. The molecule has 0 aliphatic heterocycles. The number of hydrogen-bond donors (Lipinski definition) is 6. The van der Waals surface area contributed by atoms with Crippen molar-refractivity contribution < 1.29 is 27.0 Å². The highest BCUT2D eigenvalue weighted by atomic mass is 32.2. The zero-order valence-corrected chi connectivity index (χ0v) is 24.9. The van der Waals surface area contributed by atoms with E-state index in [1.807, 2.05) is 6.07 Å². The average Bonchev–Trinajstić information content (AvgIpc) is 3.03. The lowest BCUT2D eigenvalue weighted by atomic mass is 10.2. The van der Waals surface area contributed by atoms with Gasteiger partial charge < -0.3 is 36.1 Å². The molecule has 5 aromatic carbocycles. The zero-order valence-electron chi connectivity index (χ0n) is 24.1. The molecule has 0 spiro atoms. The number of para-hydroxylation sites is 3. The van der Waals surface area contributed by atoms with Crippen LogP contribution in [-0.2, 0) is 10.1 Å². The van der Waals surface area contributed by atoms with Crippen molar-refractivity contribution in [3.05, 3.63) is 133 Å². The van der Waals surface area contributed by atoms with Gasteiger partial charge in [-0.1, -0.05) is 60.7 Å². The van der Waals surface area contributed by atoms with Crippen molar-refractivity contribution in [2.75, 3.05) is 31.9 Å². The predicted molar refractivity (Wildman–Crippen MR) is 178 cm³/mol. The van der Waals surface area contributed by atoms with Crippen LogP contribution in [0.25, 0.3) is 0 Å². The molecule has 0 heterocycles. The van der Waals surface area contributed by atoms with Crippen LogP contribution in [0, 0.1) is 0 Å². The van der Waals surface area contributed by atoms with Gasteiger partial charge in [-0.25, -0.2) is 14.4 Å². The van der Waals surface area contributed by atoms with Crippen LogP contribution in [0.2, 0.25) is 0 Å². The Balaban J connectivity index is 1.34. The molecule has 0 aliphatic carbocycles. The van der Waals surface area contributed by atoms with E-state index >= 15 is 0 Å². The van der Waals surface area contributed by atoms with Gasteiger partial charge in [0.05, 0.1) is 11.4 Å². The number of hydrogen-bond acceptors (Lipinski definition) is 6. The number of carbonyl (C=O) groups is 3. The molecule has 0 aliphatic rings. The first-order chi connectivity index (χ1) is 22.2. The molecule has 46 heavy (non-hydrogen) atoms. The van der Waals surface area contributed by atoms with Crippen LogP contribution >= 0.6 is 0 Å². The van der Waals surface area contributed by atoms with E-state index in [1.165, 1.54) is 30.3 Å². The van der Waals surface area contributed by atoms with E-state index < -0.39 is 28.2 Å². The second kappa shape index (κ2) is 14.4. The lowest BCUT2D eigenvalue weighted by molar-refractivity contribution is 0.261. The molecule has 232 valence electrons. The number of carbonyl (C=O) groups excluding carboxylic acids is 3. The monoisotopic (exact) mass is 636 g/mol. The van der Waals surface area contributed by atoms with Crippen molar-refractivity contribution >= 4 is 62.3 Å². The minimum atomic E-state index is -4.45. The fourth-order valence-electron chi connectivity index (χ4n) is 4.12. The van der Waals surface area contributed by atoms with Crippen LogP contribution < -0.4 is 36.1 Å². The minimum absolute atomic E-state index is 0.0191. The number of nitrogens with one attached hydrogen (secondary N) is 6. The highest BCUT2D eigenvalue weighted by Gasteiger charge is 2.21. The molecule has 0 unspecified atom stereocenters. The third-order valence-corrected chi connectivity index (χ3v) is 7.41. The molecule has 0 saturated heterocycles. The van der Waals surface area contributed by atoms with Gasteiger partial charge in [0.1, 0.15) is 10.6 Å². The molecule has 5 aromatic rings. The predicted octanol–water partition coefficient (Wildman–Crippen LogP) is 7.39. The maximum atomic E-state index is 13.3. The lowest BCUT2D eigenvalue weighted by Crippen LogP contribution is -2.23. The first-order valence-electron chi connectivity index (χ1n) is 13.8. The van der Waals surface area contributed by atoms with Gasteiger partial charge in [0.25, 0.3) is 0 Å². The number of benzene rings is 5. The smallest absolute Gasteiger partial charge is 0.339 e. The number of anilines is 6. The van der Waals surface area contributed by atoms with Crippen LogP contribution in [0.15, 0.2) is 138 Å². The third-order valence-electron chi connectivity index (χ3n) is 6.17. The Labute approximate surface area is 264 Å². The molecule has 0 aromatic heterocycles. The van der Waals surface area contributed by atoms with Gasteiger partial charge in [0.2, 0.25) is 0 Å². The Bertz CT molecular complexity index is 1940. The van der Waals surface area contributed by atoms with Crippen molar-refractivity contribution in [3.8, 4) is 5.75 Å². The normalized spacial score (nSPS) is 10.6. The van der Waals surface area contributed by atoms with Crippen molar-refractivity contribution in [2.45, 2.75) is 4.90 Å². The van der Waals surface area contributed by atoms with E-state index in [4.69, 9.17) is 4.18 Å². The van der Waals surface area contributed by atoms with Gasteiger partial charge in [-0.15, -0.1) is 0 Å². The SMILES string of the molecule is O=C(Nc1ccccc1)Nc1cccc(OS(=O)(=O)c2ccc(NC(=O)Nc3ccccc3)c(NC(=O)Nc3ccccc3)c2)c1. The second-order valence-electron chi connectivity index (χ2n) is 9.61. The van der Waals surface area contributed by atoms with Crippen LogP contribution in [0.1, 0.15) is 0 Å². The van der Waals surface area contributed by atoms with Crippen molar-refractivity contribution in [1.82, 2.24) is 0 Å². The number of amides is 6. The van der Waals surface area contributed by atoms with Gasteiger partial charge in [-0.05, 0) is 66.7 Å². The van der Waals surface area contributed by atoms with Crippen LogP contribution in [0.4, 0.5) is 48.5 Å². The van der Waals surface area contributed by atoms with E-state index in [0.29, 0.717) is 17.1 Å². The quantitative estimate of drug-likeness (QED) is 0.0923. The molecule has 0 radical (unpaired) electrons. The summed E-state index contributed by atoms with van der Waals surface area (Å²) >= 11 is 0. The summed E-state index contributed by atoms with van der Waals surface area (Å²) in [6.45, 7) is 0. The molecule has 0 atom stereocenters. The van der Waals surface area contributed by atoms with Gasteiger partial charge in [0.15, 0.2) is 0 Å². The Morgan fingerprint density at radius 3 is 1.39 bits per heavy atom. The topological polar surface area (TPSA) is 167 Å². The fraction of sp³-hybridized carbons (Fsp3) is 0. The molecule has 5 rings (SSSR count). The summed E-state index contributed by atoms with van der Waals surface area (Å²) in [6.07, 6.45) is 0. The molecule has 13 heteroatoms. The molecule has 12 nitrogen and oxygen atoms in total. The molecular weight excluding hydrogens is 608 g/mol. The second-order valence-corrected chi connectivity index (χ2v) is 11.2. The summed E-state index contributed by atoms with van der Waals surface area (Å²) in [5.41, 5.74) is 1.98. The van der Waals surface area contributed by atoms with E-state index in [2.05, 4.69) is 31.9 Å². The molecule has 0 fully saturated rings. The summed E-state index contributed by atoms with van der Waals surface area (Å²) < 4.78 is 32.0.